The predicted molar refractivity (Wildman–Crippen MR) is 121 cm³/mol. The highest BCUT2D eigenvalue weighted by molar-refractivity contribution is 6.01. The van der Waals surface area contributed by atoms with E-state index in [0.29, 0.717) is 5.69 Å². The Kier molecular flexibility index (Phi) is 7.44. The highest BCUT2D eigenvalue weighted by Gasteiger charge is 2.27. The Hall–Kier alpha value is -3.87. The molecular weight excluding hydrogens is 412 g/mol. The molecule has 2 N–H and O–H groups in total. The van der Waals surface area contributed by atoms with Crippen LogP contribution < -0.4 is 10.6 Å². The quantitative estimate of drug-likeness (QED) is 0.553. The molecule has 1 heterocycles. The Balaban J connectivity index is 1.72. The number of aromatic nitrogens is 1. The molecule has 0 saturated carbocycles. The molecule has 5 nitrogen and oxygen atoms in total. The fourth-order valence-electron chi connectivity index (χ4n) is 3.06. The molecule has 3 aromatic rings. The first-order valence-corrected chi connectivity index (χ1v) is 10.1. The van der Waals surface area contributed by atoms with Crippen molar-refractivity contribution >= 4 is 29.7 Å². The van der Waals surface area contributed by atoms with Crippen LogP contribution in [0.2, 0.25) is 0 Å². The maximum atomic E-state index is 13.9. The molecule has 7 heteroatoms. The highest BCUT2D eigenvalue weighted by Crippen LogP contribution is 2.16. The van der Waals surface area contributed by atoms with E-state index >= 15 is 0 Å². The lowest BCUT2D eigenvalue weighted by Gasteiger charge is -2.22. The van der Waals surface area contributed by atoms with E-state index in [1.165, 1.54) is 6.07 Å². The van der Waals surface area contributed by atoms with Crippen molar-refractivity contribution in [1.82, 2.24) is 10.3 Å². The van der Waals surface area contributed by atoms with E-state index in [-0.39, 0.29) is 5.92 Å². The Morgan fingerprint density at radius 3 is 2.31 bits per heavy atom. The molecule has 0 aliphatic rings. The summed E-state index contributed by atoms with van der Waals surface area (Å²) in [4.78, 5) is 29.5. The van der Waals surface area contributed by atoms with Crippen molar-refractivity contribution < 1.29 is 18.4 Å². The minimum absolute atomic E-state index is 0.319. The van der Waals surface area contributed by atoms with E-state index in [1.807, 2.05) is 36.4 Å². The molecule has 164 valence electrons. The molecule has 0 aliphatic heterocycles. The van der Waals surface area contributed by atoms with Crippen LogP contribution in [0.4, 0.5) is 14.5 Å². The van der Waals surface area contributed by atoms with Gasteiger partial charge in [-0.3, -0.25) is 14.6 Å². The molecule has 2 amide bonds. The number of carbonyl (C=O) groups excluding carboxylic acids is 2. The van der Waals surface area contributed by atoms with E-state index in [2.05, 4.69) is 15.6 Å². The van der Waals surface area contributed by atoms with Gasteiger partial charge >= 0.3 is 0 Å². The van der Waals surface area contributed by atoms with E-state index in [1.54, 1.807) is 38.2 Å². The lowest BCUT2D eigenvalue weighted by molar-refractivity contribution is -0.118. The molecule has 3 rings (SSSR count). The number of pyridine rings is 1. The van der Waals surface area contributed by atoms with Gasteiger partial charge in [-0.15, -0.1) is 0 Å². The average molecular weight is 435 g/mol. The maximum absolute atomic E-state index is 13.9. The van der Waals surface area contributed by atoms with Gasteiger partial charge in [-0.1, -0.05) is 44.2 Å². The van der Waals surface area contributed by atoms with Crippen LogP contribution in [-0.4, -0.2) is 22.8 Å². The SMILES string of the molecule is CC(C)C(NC(=O)c1c(F)cccc1F)C(=O)Nc1cccc(C=Cc2ccccn2)c1. The summed E-state index contributed by atoms with van der Waals surface area (Å²) in [5.74, 6) is -3.77. The number of hydrogen-bond acceptors (Lipinski definition) is 3. The number of amides is 2. The zero-order valence-corrected chi connectivity index (χ0v) is 17.7. The third-order valence-electron chi connectivity index (χ3n) is 4.71. The molecule has 32 heavy (non-hydrogen) atoms. The molecule has 1 atom stereocenters. The van der Waals surface area contributed by atoms with Gasteiger partial charge in [0, 0.05) is 11.9 Å². The van der Waals surface area contributed by atoms with Gasteiger partial charge < -0.3 is 10.6 Å². The van der Waals surface area contributed by atoms with Gasteiger partial charge in [-0.2, -0.15) is 0 Å². The molecule has 0 saturated heterocycles. The normalized spacial score (nSPS) is 12.0. The first kappa shape index (κ1) is 22.8. The minimum atomic E-state index is -0.991. The van der Waals surface area contributed by atoms with Crippen LogP contribution in [0.1, 0.15) is 35.5 Å². The number of nitrogens with one attached hydrogen (secondary N) is 2. The van der Waals surface area contributed by atoms with Gasteiger partial charge in [0.15, 0.2) is 0 Å². The van der Waals surface area contributed by atoms with Gasteiger partial charge in [-0.05, 0) is 54.0 Å². The smallest absolute Gasteiger partial charge is 0.257 e. The zero-order chi connectivity index (χ0) is 23.1. The number of carbonyl (C=O) groups is 2. The van der Waals surface area contributed by atoms with Crippen LogP contribution in [0.3, 0.4) is 0 Å². The van der Waals surface area contributed by atoms with Crippen molar-refractivity contribution in [3.8, 4) is 0 Å². The van der Waals surface area contributed by atoms with Gasteiger partial charge in [0.2, 0.25) is 5.91 Å². The summed E-state index contributed by atoms with van der Waals surface area (Å²) in [6, 6.07) is 14.9. The second-order valence-corrected chi connectivity index (χ2v) is 7.49. The largest absolute Gasteiger partial charge is 0.340 e. The van der Waals surface area contributed by atoms with Crippen LogP contribution in [0, 0.1) is 17.6 Å². The molecule has 0 aliphatic carbocycles. The van der Waals surface area contributed by atoms with Crippen molar-refractivity contribution in [2.24, 2.45) is 5.92 Å². The predicted octanol–water partition coefficient (Wildman–Crippen LogP) is 4.92. The first-order valence-electron chi connectivity index (χ1n) is 10.1. The molecule has 0 fully saturated rings. The highest BCUT2D eigenvalue weighted by atomic mass is 19.1. The van der Waals surface area contributed by atoms with Crippen molar-refractivity contribution in [3.05, 3.63) is 95.3 Å². The molecular formula is C25H23F2N3O2. The first-order chi connectivity index (χ1) is 15.3. The summed E-state index contributed by atoms with van der Waals surface area (Å²) in [6.07, 6.45) is 5.41. The fourth-order valence-corrected chi connectivity index (χ4v) is 3.06. The van der Waals surface area contributed by atoms with Crippen molar-refractivity contribution in [2.75, 3.05) is 5.32 Å². The fraction of sp³-hybridized carbons (Fsp3) is 0.160. The van der Waals surface area contributed by atoms with Gasteiger partial charge in [0.1, 0.15) is 23.2 Å². The molecule has 1 aromatic heterocycles. The van der Waals surface area contributed by atoms with Crippen LogP contribution in [-0.2, 0) is 4.79 Å². The van der Waals surface area contributed by atoms with Gasteiger partial charge in [0.25, 0.3) is 5.91 Å². The molecule has 0 spiro atoms. The summed E-state index contributed by atoms with van der Waals surface area (Å²) >= 11 is 0. The standard InChI is InChI=1S/C25H23F2N3O2/c1-16(2)23(30-24(31)22-20(26)10-6-11-21(22)27)25(32)29-19-9-5-7-17(15-19)12-13-18-8-3-4-14-28-18/h3-16,23H,1-2H3,(H,29,32)(H,30,31). The summed E-state index contributed by atoms with van der Waals surface area (Å²) in [6.45, 7) is 3.46. The molecule has 0 bridgehead atoms. The second kappa shape index (κ2) is 10.4. The number of nitrogens with zero attached hydrogens (tertiary/aromatic N) is 1. The summed E-state index contributed by atoms with van der Waals surface area (Å²) in [7, 11) is 0. The number of anilines is 1. The van der Waals surface area contributed by atoms with Crippen LogP contribution >= 0.6 is 0 Å². The molecule has 1 unspecified atom stereocenters. The molecule has 2 aromatic carbocycles. The van der Waals surface area contributed by atoms with Crippen molar-refractivity contribution in [1.29, 1.82) is 0 Å². The Labute approximate surface area is 185 Å². The summed E-state index contributed by atoms with van der Waals surface area (Å²) in [5, 5.41) is 5.20. The second-order valence-electron chi connectivity index (χ2n) is 7.49. The lowest BCUT2D eigenvalue weighted by Crippen LogP contribution is -2.47. The van der Waals surface area contributed by atoms with Crippen LogP contribution in [0.25, 0.3) is 12.2 Å². The van der Waals surface area contributed by atoms with Crippen molar-refractivity contribution in [2.45, 2.75) is 19.9 Å². The molecule has 0 radical (unpaired) electrons. The summed E-state index contributed by atoms with van der Waals surface area (Å²) in [5.41, 5.74) is 1.44. The van der Waals surface area contributed by atoms with Crippen LogP contribution in [0.5, 0.6) is 0 Å². The third kappa shape index (κ3) is 5.85. The van der Waals surface area contributed by atoms with E-state index in [0.717, 1.165) is 23.4 Å². The Bertz CT molecular complexity index is 1110. The average Bonchev–Trinajstić information content (AvgIpc) is 2.76. The van der Waals surface area contributed by atoms with E-state index in [4.69, 9.17) is 0 Å². The number of rotatable bonds is 7. The van der Waals surface area contributed by atoms with Crippen LogP contribution in [0.15, 0.2) is 66.9 Å². The van der Waals surface area contributed by atoms with Gasteiger partial charge in [0.05, 0.1) is 5.69 Å². The minimum Gasteiger partial charge on any atom is -0.340 e. The lowest BCUT2D eigenvalue weighted by atomic mass is 10.0. The number of halogens is 2. The maximum Gasteiger partial charge on any atom is 0.257 e. The summed E-state index contributed by atoms with van der Waals surface area (Å²) < 4.78 is 27.9. The van der Waals surface area contributed by atoms with Gasteiger partial charge in [-0.25, -0.2) is 8.78 Å². The van der Waals surface area contributed by atoms with Crippen molar-refractivity contribution in [3.63, 3.8) is 0 Å². The van der Waals surface area contributed by atoms with E-state index in [9.17, 15) is 18.4 Å². The third-order valence-corrected chi connectivity index (χ3v) is 4.71. The van der Waals surface area contributed by atoms with E-state index < -0.39 is 35.1 Å². The Morgan fingerprint density at radius 2 is 1.66 bits per heavy atom. The topological polar surface area (TPSA) is 71.1 Å². The monoisotopic (exact) mass is 435 g/mol. The Morgan fingerprint density at radius 1 is 0.938 bits per heavy atom. The zero-order valence-electron chi connectivity index (χ0n) is 17.7. The number of hydrogen-bond donors (Lipinski definition) is 2. The number of benzene rings is 2.